The molecule has 0 saturated carbocycles. The second-order valence-electron chi connectivity index (χ2n) is 6.01. The van der Waals surface area contributed by atoms with E-state index in [0.717, 1.165) is 13.2 Å². The van der Waals surface area contributed by atoms with Gasteiger partial charge in [0.1, 0.15) is 0 Å². The molecule has 124 valence electrons. The molecule has 2 rings (SSSR count). The molecule has 0 spiro atoms. The van der Waals surface area contributed by atoms with Gasteiger partial charge in [0.2, 0.25) is 0 Å². The molecule has 0 bridgehead atoms. The van der Waals surface area contributed by atoms with Gasteiger partial charge in [-0.1, -0.05) is 80.4 Å². The fourth-order valence-corrected chi connectivity index (χ4v) is 2.54. The Balaban J connectivity index is 1.70. The Morgan fingerprint density at radius 3 is 1.65 bits per heavy atom. The Hall–Kier alpha value is -1.64. The topological polar surface area (TPSA) is 18.5 Å². The first-order chi connectivity index (χ1) is 11.4. The molecule has 2 heteroatoms. The van der Waals surface area contributed by atoms with Crippen LogP contribution in [-0.4, -0.2) is 13.2 Å². The smallest absolute Gasteiger partial charge is 0.0717 e. The maximum Gasteiger partial charge on any atom is 0.0717 e. The lowest BCUT2D eigenvalue weighted by Crippen LogP contribution is -2.16. The van der Waals surface area contributed by atoms with E-state index in [1.165, 1.54) is 30.4 Å². The molecule has 2 nitrogen and oxygen atoms in total. The minimum Gasteiger partial charge on any atom is -0.376 e. The molecule has 0 heterocycles. The quantitative estimate of drug-likeness (QED) is 0.566. The molecule has 0 fully saturated rings. The monoisotopic (exact) mass is 312 g/mol. The van der Waals surface area contributed by atoms with Crippen molar-refractivity contribution in [3.05, 3.63) is 71.8 Å². The molecule has 0 unspecified atom stereocenters. The zero-order valence-electron chi connectivity index (χ0n) is 14.1. The summed E-state index contributed by atoms with van der Waals surface area (Å²) in [4.78, 5) is 0. The minimum atomic E-state index is 0.474. The number of rotatable bonds is 11. The van der Waals surface area contributed by atoms with Gasteiger partial charge in [-0.3, -0.25) is 0 Å². The summed E-state index contributed by atoms with van der Waals surface area (Å²) in [5, 5.41) is 0. The third-order valence-electron chi connectivity index (χ3n) is 3.90. The zero-order valence-corrected chi connectivity index (χ0v) is 14.1. The van der Waals surface area contributed by atoms with Gasteiger partial charge in [0.15, 0.2) is 0 Å². The van der Waals surface area contributed by atoms with E-state index in [1.807, 2.05) is 12.1 Å². The summed E-state index contributed by atoms with van der Waals surface area (Å²) in [5.74, 6) is 0.474. The number of ether oxygens (including phenoxy) is 2. The molecule has 0 radical (unpaired) electrons. The van der Waals surface area contributed by atoms with Gasteiger partial charge in [-0.2, -0.15) is 0 Å². The van der Waals surface area contributed by atoms with Crippen LogP contribution in [0.15, 0.2) is 60.7 Å². The first-order valence-electron chi connectivity index (χ1n) is 8.62. The summed E-state index contributed by atoms with van der Waals surface area (Å²) in [6, 6.07) is 20.7. The van der Waals surface area contributed by atoms with Crippen molar-refractivity contribution >= 4 is 0 Å². The molecule has 0 aromatic heterocycles. The number of benzene rings is 2. The van der Waals surface area contributed by atoms with Crippen LogP contribution in [0.2, 0.25) is 0 Å². The Morgan fingerprint density at radius 1 is 0.739 bits per heavy atom. The highest BCUT2D eigenvalue weighted by molar-refractivity contribution is 5.14. The first kappa shape index (κ1) is 17.7. The summed E-state index contributed by atoms with van der Waals surface area (Å²) in [5.41, 5.74) is 2.46. The van der Waals surface area contributed by atoms with Crippen molar-refractivity contribution in [3.63, 3.8) is 0 Å². The molecule has 0 saturated heterocycles. The highest BCUT2D eigenvalue weighted by atomic mass is 16.5. The van der Waals surface area contributed by atoms with Gasteiger partial charge >= 0.3 is 0 Å². The summed E-state index contributed by atoms with van der Waals surface area (Å²) in [6.07, 6.45) is 3.61. The van der Waals surface area contributed by atoms with Crippen molar-refractivity contribution in [1.29, 1.82) is 0 Å². The zero-order chi connectivity index (χ0) is 16.2. The van der Waals surface area contributed by atoms with Crippen LogP contribution in [0.25, 0.3) is 0 Å². The van der Waals surface area contributed by atoms with Gasteiger partial charge in [0.05, 0.1) is 26.4 Å². The SMILES string of the molecule is CCCCC(COCc1ccccc1)COCc1ccccc1. The fraction of sp³-hybridized carbons (Fsp3) is 0.429. The van der Waals surface area contributed by atoms with Gasteiger partial charge in [-0.05, 0) is 17.5 Å². The van der Waals surface area contributed by atoms with Gasteiger partial charge in [0.25, 0.3) is 0 Å². The van der Waals surface area contributed by atoms with Crippen LogP contribution in [0.5, 0.6) is 0 Å². The predicted molar refractivity (Wildman–Crippen MR) is 95.2 cm³/mol. The highest BCUT2D eigenvalue weighted by Gasteiger charge is 2.09. The van der Waals surface area contributed by atoms with Crippen molar-refractivity contribution in [2.75, 3.05) is 13.2 Å². The van der Waals surface area contributed by atoms with Crippen LogP contribution in [0.4, 0.5) is 0 Å². The fourth-order valence-electron chi connectivity index (χ4n) is 2.54. The normalized spacial score (nSPS) is 11.0. The molecule has 0 aliphatic rings. The van der Waals surface area contributed by atoms with E-state index in [4.69, 9.17) is 9.47 Å². The second kappa shape index (κ2) is 11.0. The lowest BCUT2D eigenvalue weighted by atomic mass is 10.0. The molecule has 0 amide bonds. The van der Waals surface area contributed by atoms with Gasteiger partial charge in [-0.25, -0.2) is 0 Å². The van der Waals surface area contributed by atoms with Crippen LogP contribution in [0, 0.1) is 5.92 Å². The van der Waals surface area contributed by atoms with Gasteiger partial charge in [0, 0.05) is 5.92 Å². The Bertz CT molecular complexity index is 464. The van der Waals surface area contributed by atoms with Gasteiger partial charge in [-0.15, -0.1) is 0 Å². The summed E-state index contributed by atoms with van der Waals surface area (Å²) >= 11 is 0. The summed E-state index contributed by atoms with van der Waals surface area (Å²) in [6.45, 7) is 5.13. The Kier molecular flexibility index (Phi) is 8.46. The third-order valence-corrected chi connectivity index (χ3v) is 3.90. The van der Waals surface area contributed by atoms with E-state index in [0.29, 0.717) is 19.1 Å². The minimum absolute atomic E-state index is 0.474. The number of hydrogen-bond donors (Lipinski definition) is 0. The van der Waals surface area contributed by atoms with E-state index in [-0.39, 0.29) is 0 Å². The van der Waals surface area contributed by atoms with E-state index >= 15 is 0 Å². The summed E-state index contributed by atoms with van der Waals surface area (Å²) in [7, 11) is 0. The molecule has 23 heavy (non-hydrogen) atoms. The molecule has 0 aliphatic carbocycles. The first-order valence-corrected chi connectivity index (χ1v) is 8.62. The van der Waals surface area contributed by atoms with Crippen LogP contribution in [0.1, 0.15) is 37.3 Å². The highest BCUT2D eigenvalue weighted by Crippen LogP contribution is 2.13. The molecular formula is C21H28O2. The van der Waals surface area contributed by atoms with E-state index in [2.05, 4.69) is 55.5 Å². The molecule has 2 aromatic carbocycles. The molecule has 2 aromatic rings. The molecule has 0 N–H and O–H groups in total. The lowest BCUT2D eigenvalue weighted by Gasteiger charge is -2.17. The van der Waals surface area contributed by atoms with Crippen molar-refractivity contribution in [3.8, 4) is 0 Å². The Morgan fingerprint density at radius 2 is 1.22 bits per heavy atom. The predicted octanol–water partition coefficient (Wildman–Crippen LogP) is 5.23. The van der Waals surface area contributed by atoms with Crippen LogP contribution >= 0.6 is 0 Å². The maximum atomic E-state index is 5.90. The van der Waals surface area contributed by atoms with E-state index < -0.39 is 0 Å². The standard InChI is InChI=1S/C21H28O2/c1-2-3-10-21(17-22-15-19-11-6-4-7-12-19)18-23-16-20-13-8-5-9-14-20/h4-9,11-14,21H,2-3,10,15-18H2,1H3. The number of unbranched alkanes of at least 4 members (excludes halogenated alkanes) is 1. The van der Waals surface area contributed by atoms with E-state index in [9.17, 15) is 0 Å². The average molecular weight is 312 g/mol. The molecule has 0 atom stereocenters. The number of hydrogen-bond acceptors (Lipinski definition) is 2. The third kappa shape index (κ3) is 7.45. The van der Waals surface area contributed by atoms with Gasteiger partial charge < -0.3 is 9.47 Å². The maximum absolute atomic E-state index is 5.90. The largest absolute Gasteiger partial charge is 0.376 e. The van der Waals surface area contributed by atoms with Crippen molar-refractivity contribution in [2.24, 2.45) is 5.92 Å². The Labute approximate surface area is 140 Å². The summed E-state index contributed by atoms with van der Waals surface area (Å²) < 4.78 is 11.8. The van der Waals surface area contributed by atoms with Crippen molar-refractivity contribution in [1.82, 2.24) is 0 Å². The van der Waals surface area contributed by atoms with Crippen LogP contribution in [0.3, 0.4) is 0 Å². The van der Waals surface area contributed by atoms with Crippen LogP contribution in [-0.2, 0) is 22.7 Å². The van der Waals surface area contributed by atoms with E-state index in [1.54, 1.807) is 0 Å². The average Bonchev–Trinajstić information content (AvgIpc) is 2.61. The van der Waals surface area contributed by atoms with Crippen molar-refractivity contribution in [2.45, 2.75) is 39.4 Å². The van der Waals surface area contributed by atoms with Crippen LogP contribution < -0.4 is 0 Å². The van der Waals surface area contributed by atoms with Crippen molar-refractivity contribution < 1.29 is 9.47 Å². The second-order valence-corrected chi connectivity index (χ2v) is 6.01. The molecular weight excluding hydrogens is 284 g/mol. The molecule has 0 aliphatic heterocycles. The lowest BCUT2D eigenvalue weighted by molar-refractivity contribution is 0.0233.